The highest BCUT2D eigenvalue weighted by Gasteiger charge is 2.52. The summed E-state index contributed by atoms with van der Waals surface area (Å²) in [6.07, 6.45) is 0. The van der Waals surface area contributed by atoms with Crippen LogP contribution in [0.5, 0.6) is 0 Å². The van der Waals surface area contributed by atoms with Crippen molar-refractivity contribution in [3.05, 3.63) is 259 Å². The molecule has 0 amide bonds. The lowest BCUT2D eigenvalue weighted by Gasteiger charge is -2.32. The Morgan fingerprint density at radius 2 is 0.853 bits per heavy atom. The maximum Gasteiger partial charge on any atom is 0.143 e. The summed E-state index contributed by atoms with van der Waals surface area (Å²) in [6.45, 7) is 0. The van der Waals surface area contributed by atoms with Crippen molar-refractivity contribution in [2.75, 3.05) is 4.90 Å². The van der Waals surface area contributed by atoms with Gasteiger partial charge in [-0.05, 0) is 115 Å². The van der Waals surface area contributed by atoms with Crippen LogP contribution in [0.4, 0.5) is 17.1 Å². The molecular formula is C65H39NO2. The lowest BCUT2D eigenvalue weighted by Crippen LogP contribution is -2.26. The Kier molecular flexibility index (Phi) is 7.71. The van der Waals surface area contributed by atoms with Crippen molar-refractivity contribution >= 4 is 71.7 Å². The topological polar surface area (TPSA) is 29.5 Å². The van der Waals surface area contributed by atoms with Gasteiger partial charge in [-0.3, -0.25) is 0 Å². The van der Waals surface area contributed by atoms with Crippen molar-refractivity contribution in [3.63, 3.8) is 0 Å². The summed E-state index contributed by atoms with van der Waals surface area (Å²) in [4.78, 5) is 2.49. The monoisotopic (exact) mass is 865 g/mol. The minimum atomic E-state index is -0.479. The summed E-state index contributed by atoms with van der Waals surface area (Å²) in [5.41, 5.74) is 21.1. The third kappa shape index (κ3) is 5.07. The fraction of sp³-hybridized carbons (Fsp3) is 0.0154. The Labute approximate surface area is 392 Å². The van der Waals surface area contributed by atoms with Crippen molar-refractivity contribution < 1.29 is 8.83 Å². The molecule has 0 bridgehead atoms. The van der Waals surface area contributed by atoms with Crippen LogP contribution in [0.3, 0.4) is 0 Å². The first-order valence-corrected chi connectivity index (χ1v) is 23.4. The number of benzene rings is 11. The molecular weight excluding hydrogens is 827 g/mol. The van der Waals surface area contributed by atoms with E-state index in [2.05, 4.69) is 235 Å². The molecule has 316 valence electrons. The number of rotatable bonds is 5. The van der Waals surface area contributed by atoms with Gasteiger partial charge in [0.25, 0.3) is 0 Å². The number of hydrogen-bond donors (Lipinski definition) is 0. The van der Waals surface area contributed by atoms with Gasteiger partial charge in [-0.2, -0.15) is 0 Å². The van der Waals surface area contributed by atoms with E-state index in [0.717, 1.165) is 83.2 Å². The predicted octanol–water partition coefficient (Wildman–Crippen LogP) is 17.8. The zero-order chi connectivity index (χ0) is 44.5. The van der Waals surface area contributed by atoms with Crippen LogP contribution in [0, 0.1) is 0 Å². The summed E-state index contributed by atoms with van der Waals surface area (Å²) in [5, 5.41) is 6.83. The zero-order valence-corrected chi connectivity index (χ0v) is 36.8. The average molecular weight is 866 g/mol. The van der Waals surface area contributed by atoms with Gasteiger partial charge in [-0.25, -0.2) is 0 Å². The fourth-order valence-electron chi connectivity index (χ4n) is 12.0. The fourth-order valence-corrected chi connectivity index (χ4v) is 12.0. The third-order valence-corrected chi connectivity index (χ3v) is 14.9. The molecule has 13 aromatic rings. The smallest absolute Gasteiger partial charge is 0.143 e. The predicted molar refractivity (Wildman–Crippen MR) is 280 cm³/mol. The Morgan fingerprint density at radius 3 is 1.65 bits per heavy atom. The number of hydrogen-bond acceptors (Lipinski definition) is 3. The Morgan fingerprint density at radius 1 is 0.309 bits per heavy atom. The van der Waals surface area contributed by atoms with Crippen LogP contribution in [-0.4, -0.2) is 0 Å². The normalized spacial score (nSPS) is 13.1. The Bertz CT molecular complexity index is 4180. The zero-order valence-electron chi connectivity index (χ0n) is 36.8. The standard InChI is InChI=1S/C65H39NO2/c1-2-16-42-39-62-53(37-41(42)15-1)52-38-43(33-36-61(52)67-62)45-17-6-11-28-58(45)66(44-34-31-40(32-35-44)46-22-13-23-50-49-20-7-12-30-60(49)68-64(46)50)59-29-14-27-57-63(59)51-21-5-10-26-56(51)65(57)54-24-8-3-18-47(54)48-19-4-9-25-55(48)65/h1-39H. The van der Waals surface area contributed by atoms with Crippen molar-refractivity contribution in [1.82, 2.24) is 0 Å². The number of para-hydroxylation sites is 3. The van der Waals surface area contributed by atoms with E-state index in [-0.39, 0.29) is 0 Å². The molecule has 11 aromatic carbocycles. The van der Waals surface area contributed by atoms with Crippen LogP contribution in [0.25, 0.3) is 99.2 Å². The van der Waals surface area contributed by atoms with Gasteiger partial charge in [-0.15, -0.1) is 0 Å². The van der Waals surface area contributed by atoms with Crippen LogP contribution in [0.1, 0.15) is 22.3 Å². The van der Waals surface area contributed by atoms with Crippen molar-refractivity contribution in [1.29, 1.82) is 0 Å². The molecule has 0 aliphatic heterocycles. The van der Waals surface area contributed by atoms with Crippen molar-refractivity contribution in [2.45, 2.75) is 5.41 Å². The van der Waals surface area contributed by atoms with Crippen LogP contribution < -0.4 is 4.90 Å². The quantitative estimate of drug-likeness (QED) is 0.173. The number of fused-ring (bicyclic) bond motifs is 17. The Hall–Kier alpha value is -8.92. The molecule has 0 fully saturated rings. The maximum atomic E-state index is 6.55. The lowest BCUT2D eigenvalue weighted by molar-refractivity contribution is 0.669. The van der Waals surface area contributed by atoms with Gasteiger partial charge in [-0.1, -0.05) is 182 Å². The molecule has 0 atom stereocenters. The molecule has 3 heteroatoms. The van der Waals surface area contributed by atoms with Gasteiger partial charge >= 0.3 is 0 Å². The number of furan rings is 2. The van der Waals surface area contributed by atoms with E-state index in [1.807, 2.05) is 6.07 Å². The van der Waals surface area contributed by atoms with E-state index < -0.39 is 5.41 Å². The second-order valence-corrected chi connectivity index (χ2v) is 18.3. The van der Waals surface area contributed by atoms with E-state index in [4.69, 9.17) is 8.83 Å². The summed E-state index contributed by atoms with van der Waals surface area (Å²) < 4.78 is 13.1. The van der Waals surface area contributed by atoms with Crippen molar-refractivity contribution in [3.8, 4) is 44.5 Å². The van der Waals surface area contributed by atoms with E-state index in [1.54, 1.807) is 0 Å². The SMILES string of the molecule is c1ccc(N(c2ccc(-c3cccc4c3oc3ccccc34)cc2)c2cccc3c2-c2ccccc2C32c3ccccc3-c3ccccc32)c(-c2ccc3oc4cc5ccccc5cc4c3c2)c1. The lowest BCUT2D eigenvalue weighted by atomic mass is 9.70. The second kappa shape index (κ2) is 14.0. The molecule has 3 nitrogen and oxygen atoms in total. The minimum absolute atomic E-state index is 0.479. The van der Waals surface area contributed by atoms with Crippen molar-refractivity contribution in [2.24, 2.45) is 0 Å². The summed E-state index contributed by atoms with van der Waals surface area (Å²) in [7, 11) is 0. The largest absolute Gasteiger partial charge is 0.456 e. The average Bonchev–Trinajstić information content (AvgIpc) is 4.14. The number of nitrogens with zero attached hydrogens (tertiary/aromatic N) is 1. The molecule has 2 heterocycles. The first-order chi connectivity index (χ1) is 33.7. The molecule has 2 aliphatic carbocycles. The highest BCUT2D eigenvalue weighted by atomic mass is 16.3. The third-order valence-electron chi connectivity index (χ3n) is 14.9. The molecule has 0 saturated heterocycles. The van der Waals surface area contributed by atoms with Gasteiger partial charge < -0.3 is 13.7 Å². The second-order valence-electron chi connectivity index (χ2n) is 18.3. The highest BCUT2D eigenvalue weighted by Crippen LogP contribution is 2.65. The van der Waals surface area contributed by atoms with Gasteiger partial charge in [0.2, 0.25) is 0 Å². The molecule has 2 aliphatic rings. The minimum Gasteiger partial charge on any atom is -0.456 e. The molecule has 15 rings (SSSR count). The first kappa shape index (κ1) is 37.3. The van der Waals surface area contributed by atoms with Gasteiger partial charge in [0, 0.05) is 43.9 Å². The van der Waals surface area contributed by atoms with Crippen LogP contribution in [0.15, 0.2) is 245 Å². The summed E-state index contributed by atoms with van der Waals surface area (Å²) >= 11 is 0. The first-order valence-electron chi connectivity index (χ1n) is 23.4. The summed E-state index contributed by atoms with van der Waals surface area (Å²) in [5.74, 6) is 0. The molecule has 1 spiro atoms. The maximum absolute atomic E-state index is 6.55. The van der Waals surface area contributed by atoms with Gasteiger partial charge in [0.15, 0.2) is 0 Å². The number of anilines is 3. The summed E-state index contributed by atoms with van der Waals surface area (Å²) in [6, 6.07) is 86.4. The molecule has 0 saturated carbocycles. The highest BCUT2D eigenvalue weighted by molar-refractivity contribution is 6.12. The van der Waals surface area contributed by atoms with E-state index in [1.165, 1.54) is 55.3 Å². The molecule has 0 N–H and O–H groups in total. The molecule has 68 heavy (non-hydrogen) atoms. The van der Waals surface area contributed by atoms with Gasteiger partial charge in [0.05, 0.1) is 16.8 Å². The Balaban J connectivity index is 0.974. The van der Waals surface area contributed by atoms with E-state index in [9.17, 15) is 0 Å². The molecule has 0 unspecified atom stereocenters. The van der Waals surface area contributed by atoms with E-state index in [0.29, 0.717) is 0 Å². The van der Waals surface area contributed by atoms with Crippen LogP contribution in [-0.2, 0) is 5.41 Å². The molecule has 2 aromatic heterocycles. The molecule has 0 radical (unpaired) electrons. The van der Waals surface area contributed by atoms with E-state index >= 15 is 0 Å². The van der Waals surface area contributed by atoms with Gasteiger partial charge in [0.1, 0.15) is 22.3 Å². The van der Waals surface area contributed by atoms with Crippen LogP contribution >= 0.6 is 0 Å². The van der Waals surface area contributed by atoms with Crippen LogP contribution in [0.2, 0.25) is 0 Å².